The monoisotopic (exact) mass is 236 g/mol. The molecule has 0 saturated carbocycles. The van der Waals surface area contributed by atoms with Gasteiger partial charge in [0.15, 0.2) is 5.75 Å². The van der Waals surface area contributed by atoms with Crippen molar-refractivity contribution < 1.29 is 14.1 Å². The molecule has 1 aromatic carbocycles. The number of nitro benzene ring substituents is 1. The van der Waals surface area contributed by atoms with Gasteiger partial charge in [-0.25, -0.2) is 0 Å². The zero-order chi connectivity index (χ0) is 12.4. The van der Waals surface area contributed by atoms with Crippen LogP contribution in [0.15, 0.2) is 22.6 Å². The lowest BCUT2D eigenvalue weighted by molar-refractivity contribution is -0.385. The Labute approximate surface area is 95.2 Å². The maximum atomic E-state index is 10.7. The average Bonchev–Trinajstić information content (AvgIpc) is 2.75. The summed E-state index contributed by atoms with van der Waals surface area (Å²) in [7, 11) is 1.34. The molecule has 0 bridgehead atoms. The topological polar surface area (TPSA) is 117 Å². The first kappa shape index (κ1) is 10.9. The number of rotatable bonds is 3. The smallest absolute Gasteiger partial charge is 0.313 e. The van der Waals surface area contributed by atoms with Gasteiger partial charge in [-0.2, -0.15) is 0 Å². The van der Waals surface area contributed by atoms with E-state index in [1.54, 1.807) is 0 Å². The third-order valence-corrected chi connectivity index (χ3v) is 2.06. The van der Waals surface area contributed by atoms with Gasteiger partial charge in [0.05, 0.1) is 12.0 Å². The van der Waals surface area contributed by atoms with Gasteiger partial charge in [0.2, 0.25) is 5.89 Å². The fourth-order valence-electron chi connectivity index (χ4n) is 1.31. The molecule has 0 aliphatic rings. The van der Waals surface area contributed by atoms with E-state index in [0.29, 0.717) is 5.56 Å². The summed E-state index contributed by atoms with van der Waals surface area (Å²) in [6, 6.07) is 4.14. The van der Waals surface area contributed by atoms with Crippen LogP contribution in [0.1, 0.15) is 0 Å². The maximum absolute atomic E-state index is 10.7. The normalized spacial score (nSPS) is 10.2. The van der Waals surface area contributed by atoms with Crippen LogP contribution in [0.3, 0.4) is 0 Å². The van der Waals surface area contributed by atoms with Gasteiger partial charge in [-0.3, -0.25) is 10.1 Å². The van der Waals surface area contributed by atoms with E-state index in [2.05, 4.69) is 10.2 Å². The number of nitro groups is 1. The summed E-state index contributed by atoms with van der Waals surface area (Å²) in [5.41, 5.74) is 5.65. The molecule has 2 aromatic rings. The van der Waals surface area contributed by atoms with E-state index in [4.69, 9.17) is 14.9 Å². The van der Waals surface area contributed by atoms with Gasteiger partial charge in [-0.15, -0.1) is 5.10 Å². The Balaban J connectivity index is 2.48. The van der Waals surface area contributed by atoms with Gasteiger partial charge < -0.3 is 14.9 Å². The summed E-state index contributed by atoms with van der Waals surface area (Å²) in [4.78, 5) is 10.1. The molecule has 8 nitrogen and oxygen atoms in total. The Morgan fingerprint density at radius 3 is 2.76 bits per heavy atom. The molecule has 0 amide bonds. The lowest BCUT2D eigenvalue weighted by Crippen LogP contribution is -1.94. The van der Waals surface area contributed by atoms with E-state index in [0.717, 1.165) is 0 Å². The number of aromatic nitrogens is 2. The van der Waals surface area contributed by atoms with Crippen LogP contribution >= 0.6 is 0 Å². The van der Waals surface area contributed by atoms with Gasteiger partial charge in [-0.1, -0.05) is 5.10 Å². The summed E-state index contributed by atoms with van der Waals surface area (Å²) < 4.78 is 9.91. The molecule has 0 fully saturated rings. The number of benzene rings is 1. The summed E-state index contributed by atoms with van der Waals surface area (Å²) >= 11 is 0. The van der Waals surface area contributed by atoms with Crippen molar-refractivity contribution in [1.82, 2.24) is 10.2 Å². The number of nitrogen functional groups attached to an aromatic ring is 1. The molecule has 2 N–H and O–H groups in total. The molecule has 0 unspecified atom stereocenters. The van der Waals surface area contributed by atoms with E-state index in [1.165, 1.54) is 25.3 Å². The zero-order valence-corrected chi connectivity index (χ0v) is 8.78. The Morgan fingerprint density at radius 2 is 2.24 bits per heavy atom. The SMILES string of the molecule is COc1cc(-c2nnc(N)o2)ccc1[N+](=O)[O-]. The Hall–Kier alpha value is -2.64. The number of nitrogens with zero attached hydrogens (tertiary/aromatic N) is 3. The van der Waals surface area contributed by atoms with Gasteiger partial charge >= 0.3 is 11.7 Å². The van der Waals surface area contributed by atoms with Gasteiger partial charge in [-0.05, 0) is 6.07 Å². The third-order valence-electron chi connectivity index (χ3n) is 2.06. The summed E-state index contributed by atoms with van der Waals surface area (Å²) in [5.74, 6) is 0.292. The quantitative estimate of drug-likeness (QED) is 0.628. The number of anilines is 1. The second-order valence-electron chi connectivity index (χ2n) is 3.09. The van der Waals surface area contributed by atoms with Gasteiger partial charge in [0.25, 0.3) is 0 Å². The van der Waals surface area contributed by atoms with Crippen molar-refractivity contribution in [2.75, 3.05) is 12.8 Å². The first-order valence-electron chi connectivity index (χ1n) is 4.53. The zero-order valence-electron chi connectivity index (χ0n) is 8.78. The van der Waals surface area contributed by atoms with Crippen LogP contribution in [0.25, 0.3) is 11.5 Å². The predicted octanol–water partition coefficient (Wildman–Crippen LogP) is 1.24. The number of hydrogen-bond acceptors (Lipinski definition) is 7. The first-order valence-corrected chi connectivity index (χ1v) is 4.53. The lowest BCUT2D eigenvalue weighted by Gasteiger charge is -2.02. The van der Waals surface area contributed by atoms with E-state index < -0.39 is 4.92 Å². The highest BCUT2D eigenvalue weighted by molar-refractivity contribution is 5.62. The molecule has 88 valence electrons. The number of methoxy groups -OCH3 is 1. The fourth-order valence-corrected chi connectivity index (χ4v) is 1.31. The van der Waals surface area contributed by atoms with Crippen molar-refractivity contribution in [1.29, 1.82) is 0 Å². The minimum absolute atomic E-state index is 0.0719. The molecule has 17 heavy (non-hydrogen) atoms. The van der Waals surface area contributed by atoms with E-state index in [-0.39, 0.29) is 23.3 Å². The largest absolute Gasteiger partial charge is 0.490 e. The lowest BCUT2D eigenvalue weighted by atomic mass is 10.2. The molecule has 0 atom stereocenters. The molecular formula is C9H8N4O4. The van der Waals surface area contributed by atoms with Crippen molar-refractivity contribution in [3.8, 4) is 17.2 Å². The summed E-state index contributed by atoms with van der Waals surface area (Å²) in [6.45, 7) is 0. The molecule has 1 heterocycles. The van der Waals surface area contributed by atoms with Crippen molar-refractivity contribution in [2.45, 2.75) is 0 Å². The highest BCUT2D eigenvalue weighted by atomic mass is 16.6. The Morgan fingerprint density at radius 1 is 1.47 bits per heavy atom. The van der Waals surface area contributed by atoms with E-state index >= 15 is 0 Å². The standard InChI is InChI=1S/C9H8N4O4/c1-16-7-4-5(2-3-6(7)13(14)15)8-11-12-9(10)17-8/h2-4H,1H3,(H2,10,12). The van der Waals surface area contributed by atoms with Crippen molar-refractivity contribution >= 4 is 11.7 Å². The van der Waals surface area contributed by atoms with Crippen LogP contribution in [0.2, 0.25) is 0 Å². The predicted molar refractivity (Wildman–Crippen MR) is 57.4 cm³/mol. The van der Waals surface area contributed by atoms with Crippen LogP contribution in [-0.2, 0) is 0 Å². The van der Waals surface area contributed by atoms with Crippen molar-refractivity contribution in [3.63, 3.8) is 0 Å². The molecule has 0 aliphatic carbocycles. The second-order valence-corrected chi connectivity index (χ2v) is 3.09. The molecule has 0 radical (unpaired) electrons. The summed E-state index contributed by atoms with van der Waals surface area (Å²) in [5, 5.41) is 17.8. The minimum atomic E-state index is -0.537. The van der Waals surface area contributed by atoms with Crippen LogP contribution in [0.5, 0.6) is 5.75 Å². The second kappa shape index (κ2) is 4.08. The highest BCUT2D eigenvalue weighted by Crippen LogP contribution is 2.31. The molecule has 0 saturated heterocycles. The molecule has 2 rings (SSSR count). The van der Waals surface area contributed by atoms with Crippen LogP contribution in [0, 0.1) is 10.1 Å². The molecule has 8 heteroatoms. The molecule has 0 spiro atoms. The number of nitrogens with two attached hydrogens (primary N) is 1. The highest BCUT2D eigenvalue weighted by Gasteiger charge is 2.17. The van der Waals surface area contributed by atoms with Gasteiger partial charge in [0, 0.05) is 17.7 Å². The van der Waals surface area contributed by atoms with Crippen LogP contribution < -0.4 is 10.5 Å². The molecule has 0 aliphatic heterocycles. The average molecular weight is 236 g/mol. The molecular weight excluding hydrogens is 228 g/mol. The van der Waals surface area contributed by atoms with Crippen LogP contribution in [-0.4, -0.2) is 22.2 Å². The Bertz CT molecular complexity index is 566. The molecule has 1 aromatic heterocycles. The maximum Gasteiger partial charge on any atom is 0.313 e. The third kappa shape index (κ3) is 2.00. The first-order chi connectivity index (χ1) is 8.11. The summed E-state index contributed by atoms with van der Waals surface area (Å²) in [6.07, 6.45) is 0. The van der Waals surface area contributed by atoms with E-state index in [9.17, 15) is 10.1 Å². The van der Waals surface area contributed by atoms with Gasteiger partial charge in [0.1, 0.15) is 0 Å². The number of ether oxygens (including phenoxy) is 1. The van der Waals surface area contributed by atoms with Crippen molar-refractivity contribution in [2.24, 2.45) is 0 Å². The van der Waals surface area contributed by atoms with E-state index in [1.807, 2.05) is 0 Å². The minimum Gasteiger partial charge on any atom is -0.490 e. The fraction of sp³-hybridized carbons (Fsp3) is 0.111. The Kier molecular flexibility index (Phi) is 2.61. The number of hydrogen-bond donors (Lipinski definition) is 1. The van der Waals surface area contributed by atoms with Crippen LogP contribution in [0.4, 0.5) is 11.7 Å². The van der Waals surface area contributed by atoms with Crippen molar-refractivity contribution in [3.05, 3.63) is 28.3 Å².